The van der Waals surface area contributed by atoms with Crippen LogP contribution in [0.4, 0.5) is 0 Å². The average molecular weight is 416 g/mol. The largest absolute Gasteiger partial charge is 0.482 e. The lowest BCUT2D eigenvalue weighted by molar-refractivity contribution is -0.147. The standard InChI is InChI=1S/C25H20O6/c1-17-25(31-19-10-6-3-7-11-19)24(27)21-13-12-20(14-22(21)30-17)28-16-23(26)29-15-18-8-4-2-5-9-18/h2-14H,15-16H2,1H3. The van der Waals surface area contributed by atoms with Crippen LogP contribution in [0, 0.1) is 6.92 Å². The summed E-state index contributed by atoms with van der Waals surface area (Å²) in [4.78, 5) is 24.8. The highest BCUT2D eigenvalue weighted by Crippen LogP contribution is 2.27. The number of benzene rings is 3. The molecule has 3 aromatic carbocycles. The number of hydrogen-bond acceptors (Lipinski definition) is 6. The van der Waals surface area contributed by atoms with Gasteiger partial charge in [0.05, 0.1) is 5.39 Å². The van der Waals surface area contributed by atoms with Gasteiger partial charge in [-0.2, -0.15) is 0 Å². The Morgan fingerprint density at radius 2 is 1.61 bits per heavy atom. The molecule has 0 aliphatic heterocycles. The third-order valence-corrected chi connectivity index (χ3v) is 4.55. The normalized spacial score (nSPS) is 10.6. The van der Waals surface area contributed by atoms with Crippen LogP contribution in [-0.2, 0) is 16.1 Å². The zero-order valence-electron chi connectivity index (χ0n) is 16.9. The highest BCUT2D eigenvalue weighted by atomic mass is 16.6. The molecule has 4 rings (SSSR count). The molecule has 156 valence electrons. The molecule has 0 saturated heterocycles. The van der Waals surface area contributed by atoms with E-state index in [1.807, 2.05) is 48.5 Å². The lowest BCUT2D eigenvalue weighted by Crippen LogP contribution is -2.15. The molecule has 0 spiro atoms. The summed E-state index contributed by atoms with van der Waals surface area (Å²) in [5.41, 5.74) is 0.960. The Morgan fingerprint density at radius 1 is 0.903 bits per heavy atom. The Kier molecular flexibility index (Phi) is 5.98. The van der Waals surface area contributed by atoms with Crippen molar-refractivity contribution in [2.45, 2.75) is 13.5 Å². The van der Waals surface area contributed by atoms with Crippen LogP contribution in [0.25, 0.3) is 11.0 Å². The molecule has 4 aromatic rings. The van der Waals surface area contributed by atoms with Gasteiger partial charge >= 0.3 is 5.97 Å². The Balaban J connectivity index is 1.45. The van der Waals surface area contributed by atoms with Crippen molar-refractivity contribution in [2.75, 3.05) is 6.61 Å². The second kappa shape index (κ2) is 9.17. The van der Waals surface area contributed by atoms with E-state index in [1.165, 1.54) is 0 Å². The fourth-order valence-electron chi connectivity index (χ4n) is 3.00. The molecule has 0 radical (unpaired) electrons. The van der Waals surface area contributed by atoms with Crippen molar-refractivity contribution in [3.05, 3.63) is 100 Å². The summed E-state index contributed by atoms with van der Waals surface area (Å²) in [5.74, 6) is 0.931. The number of carbonyl (C=O) groups excluding carboxylic acids is 1. The predicted molar refractivity (Wildman–Crippen MR) is 115 cm³/mol. The first kappa shape index (κ1) is 20.2. The second-order valence-corrected chi connectivity index (χ2v) is 6.82. The third kappa shape index (κ3) is 4.93. The van der Waals surface area contributed by atoms with E-state index in [1.54, 1.807) is 37.3 Å². The smallest absolute Gasteiger partial charge is 0.344 e. The molecule has 0 bridgehead atoms. The molecule has 0 aliphatic rings. The van der Waals surface area contributed by atoms with Gasteiger partial charge in [0.1, 0.15) is 29.4 Å². The SMILES string of the molecule is Cc1oc2cc(OCC(=O)OCc3ccccc3)ccc2c(=O)c1Oc1ccccc1. The molecule has 1 heterocycles. The molecule has 6 nitrogen and oxygen atoms in total. The first-order valence-electron chi connectivity index (χ1n) is 9.73. The zero-order chi connectivity index (χ0) is 21.6. The van der Waals surface area contributed by atoms with Gasteiger partial charge in [-0.15, -0.1) is 0 Å². The van der Waals surface area contributed by atoms with Crippen molar-refractivity contribution in [3.8, 4) is 17.2 Å². The fourth-order valence-corrected chi connectivity index (χ4v) is 3.00. The summed E-state index contributed by atoms with van der Waals surface area (Å²) in [6, 6.07) is 23.2. The lowest BCUT2D eigenvalue weighted by Gasteiger charge is -2.10. The van der Waals surface area contributed by atoms with Gasteiger partial charge < -0.3 is 18.6 Å². The number of para-hydroxylation sites is 1. The first-order valence-corrected chi connectivity index (χ1v) is 9.73. The maximum atomic E-state index is 12.9. The maximum absolute atomic E-state index is 12.9. The van der Waals surface area contributed by atoms with Crippen molar-refractivity contribution in [3.63, 3.8) is 0 Å². The van der Waals surface area contributed by atoms with Crippen molar-refractivity contribution in [1.82, 2.24) is 0 Å². The highest BCUT2D eigenvalue weighted by Gasteiger charge is 2.15. The van der Waals surface area contributed by atoms with Crippen molar-refractivity contribution < 1.29 is 23.4 Å². The van der Waals surface area contributed by atoms with E-state index < -0.39 is 5.97 Å². The van der Waals surface area contributed by atoms with Gasteiger partial charge in [0.2, 0.25) is 11.2 Å². The van der Waals surface area contributed by atoms with E-state index >= 15 is 0 Å². The summed E-state index contributed by atoms with van der Waals surface area (Å²) in [6.07, 6.45) is 0. The fraction of sp³-hybridized carbons (Fsp3) is 0.120. The number of hydrogen-bond donors (Lipinski definition) is 0. The Bertz CT molecular complexity index is 1250. The predicted octanol–water partition coefficient (Wildman–Crippen LogP) is 5.02. The van der Waals surface area contributed by atoms with Crippen molar-refractivity contribution in [2.24, 2.45) is 0 Å². The number of aryl methyl sites for hydroxylation is 1. The summed E-state index contributed by atoms with van der Waals surface area (Å²) < 4.78 is 22.2. The third-order valence-electron chi connectivity index (χ3n) is 4.55. The van der Waals surface area contributed by atoms with E-state index in [4.69, 9.17) is 18.6 Å². The number of carbonyl (C=O) groups is 1. The van der Waals surface area contributed by atoms with E-state index in [0.29, 0.717) is 28.2 Å². The van der Waals surface area contributed by atoms with E-state index in [-0.39, 0.29) is 24.4 Å². The maximum Gasteiger partial charge on any atom is 0.344 e. The van der Waals surface area contributed by atoms with Gasteiger partial charge in [0, 0.05) is 6.07 Å². The van der Waals surface area contributed by atoms with Crippen LogP contribution >= 0.6 is 0 Å². The number of rotatable bonds is 7. The lowest BCUT2D eigenvalue weighted by atomic mass is 10.2. The van der Waals surface area contributed by atoms with Crippen LogP contribution in [0.1, 0.15) is 11.3 Å². The van der Waals surface area contributed by atoms with Crippen molar-refractivity contribution in [1.29, 1.82) is 0 Å². The van der Waals surface area contributed by atoms with Crippen LogP contribution in [0.2, 0.25) is 0 Å². The molecule has 31 heavy (non-hydrogen) atoms. The summed E-state index contributed by atoms with van der Waals surface area (Å²) >= 11 is 0. The Hall–Kier alpha value is -4.06. The molecule has 6 heteroatoms. The molecule has 0 amide bonds. The Labute approximate surface area is 178 Å². The highest BCUT2D eigenvalue weighted by molar-refractivity contribution is 5.80. The Morgan fingerprint density at radius 3 is 2.35 bits per heavy atom. The van der Waals surface area contributed by atoms with Gasteiger partial charge in [-0.3, -0.25) is 4.79 Å². The molecule has 0 aliphatic carbocycles. The molecule has 0 saturated carbocycles. The minimum absolute atomic E-state index is 0.136. The molecule has 1 aromatic heterocycles. The molecule has 0 unspecified atom stereocenters. The minimum Gasteiger partial charge on any atom is -0.482 e. The van der Waals surface area contributed by atoms with Crippen molar-refractivity contribution >= 4 is 16.9 Å². The number of ether oxygens (including phenoxy) is 3. The second-order valence-electron chi connectivity index (χ2n) is 6.82. The van der Waals surface area contributed by atoms with E-state index in [2.05, 4.69) is 0 Å². The van der Waals surface area contributed by atoms with Crippen LogP contribution in [0.5, 0.6) is 17.2 Å². The van der Waals surface area contributed by atoms with Crippen LogP contribution < -0.4 is 14.9 Å². The van der Waals surface area contributed by atoms with E-state index in [0.717, 1.165) is 5.56 Å². The van der Waals surface area contributed by atoms with Gasteiger partial charge in [0.25, 0.3) is 0 Å². The molecule has 0 N–H and O–H groups in total. The molecule has 0 fully saturated rings. The molecular weight excluding hydrogens is 396 g/mol. The zero-order valence-corrected chi connectivity index (χ0v) is 16.9. The van der Waals surface area contributed by atoms with Gasteiger partial charge in [-0.05, 0) is 36.8 Å². The summed E-state index contributed by atoms with van der Waals surface area (Å²) in [5, 5.41) is 0.357. The topological polar surface area (TPSA) is 75.0 Å². The van der Waals surface area contributed by atoms with Gasteiger partial charge in [0.15, 0.2) is 6.61 Å². The molecular formula is C25H20O6. The number of esters is 1. The van der Waals surface area contributed by atoms with Crippen LogP contribution in [0.15, 0.2) is 88.1 Å². The summed E-state index contributed by atoms with van der Waals surface area (Å²) in [6.45, 7) is 1.59. The van der Waals surface area contributed by atoms with Gasteiger partial charge in [-0.25, -0.2) is 4.79 Å². The first-order chi connectivity index (χ1) is 15.1. The minimum atomic E-state index is -0.492. The van der Waals surface area contributed by atoms with Gasteiger partial charge in [-0.1, -0.05) is 48.5 Å². The quantitative estimate of drug-likeness (QED) is 0.394. The van der Waals surface area contributed by atoms with Crippen LogP contribution in [-0.4, -0.2) is 12.6 Å². The van der Waals surface area contributed by atoms with E-state index in [9.17, 15) is 9.59 Å². The summed E-state index contributed by atoms with van der Waals surface area (Å²) in [7, 11) is 0. The monoisotopic (exact) mass is 416 g/mol. The average Bonchev–Trinajstić information content (AvgIpc) is 2.80. The number of fused-ring (bicyclic) bond motifs is 1. The van der Waals surface area contributed by atoms with Crippen LogP contribution in [0.3, 0.4) is 0 Å². The molecule has 0 atom stereocenters.